The van der Waals surface area contributed by atoms with E-state index in [0.29, 0.717) is 5.41 Å². The molecule has 224 valence electrons. The van der Waals surface area contributed by atoms with Crippen LogP contribution in [0.2, 0.25) is 0 Å². The van der Waals surface area contributed by atoms with Crippen LogP contribution in [-0.4, -0.2) is 71.1 Å². The first-order chi connectivity index (χ1) is 18.7. The maximum absolute atomic E-state index is 11.8. The van der Waals surface area contributed by atoms with Crippen LogP contribution in [0.5, 0.6) is 0 Å². The fraction of sp³-hybridized carbons (Fsp3) is 0.636. The standard InChI is InChI=1S/C27H37N3O3.C4H10O.C2H6/c1-19-23(17-24(31)32)26(30-11-9-27(3,4)10-12-30)25(20(2)28-19)22-7-5-21(6-8-22)18-29-13-15-33-16-14-29;1-4(2,3)5;1-2/h5-8H,9-18H2,1-4H3,(H,31,32);5H,1-3H3;1-2H3. The van der Waals surface area contributed by atoms with Gasteiger partial charge in [0.05, 0.1) is 30.9 Å². The fourth-order valence-electron chi connectivity index (χ4n) is 5.06. The molecule has 40 heavy (non-hydrogen) atoms. The van der Waals surface area contributed by atoms with Gasteiger partial charge in [0.25, 0.3) is 0 Å². The topological polar surface area (TPSA) is 86.1 Å². The summed E-state index contributed by atoms with van der Waals surface area (Å²) in [6, 6.07) is 8.75. The minimum Gasteiger partial charge on any atom is -0.481 e. The summed E-state index contributed by atoms with van der Waals surface area (Å²) in [5, 5.41) is 18.2. The molecule has 2 saturated heterocycles. The number of aromatic nitrogens is 1. The monoisotopic (exact) mass is 555 g/mol. The van der Waals surface area contributed by atoms with Crippen molar-refractivity contribution in [2.24, 2.45) is 5.41 Å². The van der Waals surface area contributed by atoms with Gasteiger partial charge >= 0.3 is 5.97 Å². The fourth-order valence-corrected chi connectivity index (χ4v) is 5.06. The summed E-state index contributed by atoms with van der Waals surface area (Å²) in [5.41, 5.74) is 6.99. The SMILES string of the molecule is CC.CC(C)(C)O.Cc1nc(C)c(-c2ccc(CN3CCOCC3)cc2)c(N2CCC(C)(C)CC2)c1CC(=O)O. The van der Waals surface area contributed by atoms with E-state index in [1.807, 2.05) is 27.7 Å². The number of hydrogen-bond donors (Lipinski definition) is 2. The number of pyridine rings is 1. The highest BCUT2D eigenvalue weighted by molar-refractivity contribution is 5.86. The number of hydrogen-bond acceptors (Lipinski definition) is 6. The van der Waals surface area contributed by atoms with Crippen LogP contribution in [0.4, 0.5) is 5.69 Å². The zero-order chi connectivity index (χ0) is 30.1. The van der Waals surface area contributed by atoms with E-state index in [9.17, 15) is 9.90 Å². The molecule has 0 saturated carbocycles. The first-order valence-corrected chi connectivity index (χ1v) is 14.8. The maximum Gasteiger partial charge on any atom is 0.307 e. The Balaban J connectivity index is 0.000000722. The normalized spacial score (nSPS) is 17.3. The summed E-state index contributed by atoms with van der Waals surface area (Å²) >= 11 is 0. The van der Waals surface area contributed by atoms with Gasteiger partial charge < -0.3 is 19.8 Å². The number of carboxylic acid groups (broad SMARTS) is 1. The number of piperidine rings is 1. The molecule has 7 heteroatoms. The van der Waals surface area contributed by atoms with Crippen molar-refractivity contribution in [3.8, 4) is 11.1 Å². The summed E-state index contributed by atoms with van der Waals surface area (Å²) < 4.78 is 5.46. The Morgan fingerprint density at radius 2 is 1.50 bits per heavy atom. The van der Waals surface area contributed by atoms with Gasteiger partial charge in [0.2, 0.25) is 0 Å². The summed E-state index contributed by atoms with van der Waals surface area (Å²) in [7, 11) is 0. The van der Waals surface area contributed by atoms with Crippen molar-refractivity contribution < 1.29 is 19.7 Å². The Bertz CT molecular complexity index is 1070. The second-order valence-electron chi connectivity index (χ2n) is 12.5. The Morgan fingerprint density at radius 3 is 2.00 bits per heavy atom. The van der Waals surface area contributed by atoms with E-state index < -0.39 is 11.6 Å². The van der Waals surface area contributed by atoms with E-state index in [-0.39, 0.29) is 6.42 Å². The van der Waals surface area contributed by atoms with Crippen LogP contribution < -0.4 is 4.90 Å². The van der Waals surface area contributed by atoms with Crippen molar-refractivity contribution in [3.05, 3.63) is 46.8 Å². The van der Waals surface area contributed by atoms with Crippen molar-refractivity contribution in [3.63, 3.8) is 0 Å². The molecule has 4 rings (SSSR count). The third-order valence-electron chi connectivity index (χ3n) is 7.17. The van der Waals surface area contributed by atoms with E-state index in [1.54, 1.807) is 20.8 Å². The molecule has 0 spiro atoms. The minimum atomic E-state index is -0.811. The lowest BCUT2D eigenvalue weighted by Crippen LogP contribution is -2.38. The molecule has 3 heterocycles. The largest absolute Gasteiger partial charge is 0.481 e. The van der Waals surface area contributed by atoms with E-state index in [1.165, 1.54) is 5.56 Å². The molecule has 7 nitrogen and oxygen atoms in total. The van der Waals surface area contributed by atoms with Gasteiger partial charge in [-0.2, -0.15) is 0 Å². The van der Waals surface area contributed by atoms with E-state index >= 15 is 0 Å². The molecule has 0 aliphatic carbocycles. The van der Waals surface area contributed by atoms with Gasteiger partial charge in [0, 0.05) is 55.2 Å². The number of aliphatic carboxylic acids is 1. The number of ether oxygens (including phenoxy) is 1. The third-order valence-corrected chi connectivity index (χ3v) is 7.17. The molecule has 2 N–H and O–H groups in total. The van der Waals surface area contributed by atoms with Gasteiger partial charge in [-0.1, -0.05) is 52.0 Å². The quantitative estimate of drug-likeness (QED) is 0.435. The Morgan fingerprint density at radius 1 is 0.975 bits per heavy atom. The van der Waals surface area contributed by atoms with Crippen molar-refractivity contribution >= 4 is 11.7 Å². The average molecular weight is 556 g/mol. The van der Waals surface area contributed by atoms with Crippen molar-refractivity contribution in [2.45, 2.75) is 93.7 Å². The number of anilines is 1. The second kappa shape index (κ2) is 14.9. The predicted octanol–water partition coefficient (Wildman–Crippen LogP) is 6.25. The number of nitrogens with zero attached hydrogens (tertiary/aromatic N) is 3. The van der Waals surface area contributed by atoms with Crippen LogP contribution >= 0.6 is 0 Å². The lowest BCUT2D eigenvalue weighted by molar-refractivity contribution is -0.136. The minimum absolute atomic E-state index is 0.00352. The molecule has 2 aliphatic heterocycles. The molecule has 0 atom stereocenters. The number of carbonyl (C=O) groups is 1. The highest BCUT2D eigenvalue weighted by atomic mass is 16.5. The van der Waals surface area contributed by atoms with Crippen molar-refractivity contribution in [1.82, 2.24) is 9.88 Å². The van der Waals surface area contributed by atoms with Gasteiger partial charge in [-0.25, -0.2) is 0 Å². The van der Waals surface area contributed by atoms with Crippen LogP contribution in [0.15, 0.2) is 24.3 Å². The van der Waals surface area contributed by atoms with Gasteiger partial charge in [0.15, 0.2) is 0 Å². The molecule has 1 aromatic heterocycles. The summed E-state index contributed by atoms with van der Waals surface area (Å²) in [6.07, 6.45) is 2.19. The first kappa shape index (κ1) is 33.7. The Hall–Kier alpha value is -2.48. The molecular formula is C33H53N3O4. The summed E-state index contributed by atoms with van der Waals surface area (Å²) in [5.74, 6) is -0.811. The lowest BCUT2D eigenvalue weighted by atomic mass is 9.82. The van der Waals surface area contributed by atoms with Gasteiger partial charge in [0.1, 0.15) is 0 Å². The number of carboxylic acids is 1. The van der Waals surface area contributed by atoms with Crippen LogP contribution in [-0.2, 0) is 22.5 Å². The highest BCUT2D eigenvalue weighted by Crippen LogP contribution is 2.41. The second-order valence-corrected chi connectivity index (χ2v) is 12.5. The Kier molecular flexibility index (Phi) is 12.6. The first-order valence-electron chi connectivity index (χ1n) is 14.8. The molecule has 0 unspecified atom stereocenters. The number of aliphatic hydroxyl groups is 1. The molecule has 0 amide bonds. The van der Waals surface area contributed by atoms with Gasteiger partial charge in [-0.15, -0.1) is 0 Å². The molecule has 2 aromatic rings. The lowest BCUT2D eigenvalue weighted by Gasteiger charge is -2.40. The molecule has 1 aromatic carbocycles. The number of morpholine rings is 1. The number of rotatable bonds is 6. The maximum atomic E-state index is 11.8. The third kappa shape index (κ3) is 10.5. The summed E-state index contributed by atoms with van der Waals surface area (Å²) in [4.78, 5) is 21.4. The predicted molar refractivity (Wildman–Crippen MR) is 165 cm³/mol. The average Bonchev–Trinajstić information content (AvgIpc) is 2.87. The molecule has 2 aliphatic rings. The highest BCUT2D eigenvalue weighted by Gasteiger charge is 2.30. The van der Waals surface area contributed by atoms with Crippen molar-refractivity contribution in [2.75, 3.05) is 44.3 Å². The van der Waals surface area contributed by atoms with Crippen molar-refractivity contribution in [1.29, 1.82) is 0 Å². The Labute approximate surface area is 242 Å². The van der Waals surface area contributed by atoms with E-state index in [2.05, 4.69) is 47.9 Å². The van der Waals surface area contributed by atoms with Gasteiger partial charge in [-0.05, 0) is 64.0 Å². The molecule has 0 bridgehead atoms. The van der Waals surface area contributed by atoms with E-state index in [4.69, 9.17) is 14.8 Å². The molecular weight excluding hydrogens is 502 g/mol. The zero-order valence-electron chi connectivity index (χ0n) is 26.4. The number of aryl methyl sites for hydroxylation is 2. The van der Waals surface area contributed by atoms with Crippen LogP contribution in [0, 0.1) is 19.3 Å². The molecule has 0 radical (unpaired) electrons. The molecule has 2 fully saturated rings. The van der Waals surface area contributed by atoms with Crippen LogP contribution in [0.3, 0.4) is 0 Å². The van der Waals surface area contributed by atoms with Crippen LogP contribution in [0.1, 0.15) is 83.8 Å². The zero-order valence-corrected chi connectivity index (χ0v) is 26.4. The smallest absolute Gasteiger partial charge is 0.307 e. The number of benzene rings is 1. The summed E-state index contributed by atoms with van der Waals surface area (Å²) in [6.45, 7) is 24.2. The van der Waals surface area contributed by atoms with Crippen LogP contribution in [0.25, 0.3) is 11.1 Å². The van der Waals surface area contributed by atoms with E-state index in [0.717, 1.165) is 92.5 Å². The van der Waals surface area contributed by atoms with Gasteiger partial charge in [-0.3, -0.25) is 14.7 Å².